The Morgan fingerprint density at radius 2 is 1.65 bits per heavy atom. The summed E-state index contributed by atoms with van der Waals surface area (Å²) < 4.78 is 28.3. The van der Waals surface area contributed by atoms with E-state index in [1.807, 2.05) is 13.8 Å². The van der Waals surface area contributed by atoms with Crippen LogP contribution in [-0.2, 0) is 23.7 Å². The summed E-state index contributed by atoms with van der Waals surface area (Å²) in [7, 11) is 3.19. The zero-order valence-corrected chi connectivity index (χ0v) is 11.2. The van der Waals surface area contributed by atoms with Crippen LogP contribution in [0, 0.1) is 0 Å². The Bertz CT molecular complexity index is 280. The van der Waals surface area contributed by atoms with Crippen molar-refractivity contribution in [2.24, 2.45) is 0 Å². The first-order valence-electron chi connectivity index (χ1n) is 6.07. The first-order chi connectivity index (χ1) is 7.99. The molecule has 1 unspecified atom stereocenters. The predicted molar refractivity (Wildman–Crippen MR) is 60.6 cm³/mol. The van der Waals surface area contributed by atoms with E-state index in [4.69, 9.17) is 23.7 Å². The van der Waals surface area contributed by atoms with Gasteiger partial charge in [-0.3, -0.25) is 0 Å². The molecule has 5 atom stereocenters. The lowest BCUT2D eigenvalue weighted by Gasteiger charge is -2.51. The van der Waals surface area contributed by atoms with Gasteiger partial charge in [-0.05, 0) is 20.3 Å². The topological polar surface area (TPSA) is 49.5 Å². The molecule has 0 spiro atoms. The number of ether oxygens (including phenoxy) is 5. The van der Waals surface area contributed by atoms with E-state index in [-0.39, 0.29) is 18.3 Å². The molecule has 2 aliphatic rings. The van der Waals surface area contributed by atoms with Gasteiger partial charge in [0.2, 0.25) is 11.6 Å². The van der Waals surface area contributed by atoms with Gasteiger partial charge in [0.1, 0.15) is 12.2 Å². The normalized spacial score (nSPS) is 50.3. The second-order valence-corrected chi connectivity index (χ2v) is 4.82. The summed E-state index contributed by atoms with van der Waals surface area (Å²) in [5, 5.41) is 0. The molecule has 0 saturated carbocycles. The third kappa shape index (κ3) is 2.11. The van der Waals surface area contributed by atoms with Gasteiger partial charge in [0.05, 0.1) is 12.7 Å². The van der Waals surface area contributed by atoms with E-state index in [1.165, 1.54) is 0 Å². The van der Waals surface area contributed by atoms with Crippen molar-refractivity contribution in [1.82, 2.24) is 0 Å². The molecule has 2 heterocycles. The van der Waals surface area contributed by atoms with Gasteiger partial charge in [0, 0.05) is 14.2 Å². The highest BCUT2D eigenvalue weighted by molar-refractivity contribution is 4.96. The third-order valence-corrected chi connectivity index (χ3v) is 3.84. The van der Waals surface area contributed by atoms with Gasteiger partial charge in [-0.1, -0.05) is 6.92 Å². The molecule has 5 heteroatoms. The van der Waals surface area contributed by atoms with Crippen LogP contribution < -0.4 is 0 Å². The summed E-state index contributed by atoms with van der Waals surface area (Å²) in [4.78, 5) is 0. The molecule has 100 valence electrons. The average molecular weight is 246 g/mol. The number of methoxy groups -OCH3 is 2. The van der Waals surface area contributed by atoms with Gasteiger partial charge < -0.3 is 23.7 Å². The van der Waals surface area contributed by atoms with Crippen LogP contribution in [0.25, 0.3) is 0 Å². The predicted octanol–water partition coefficient (Wildman–Crippen LogP) is 1.30. The highest BCUT2D eigenvalue weighted by Crippen LogP contribution is 2.42. The Morgan fingerprint density at radius 3 is 2.06 bits per heavy atom. The largest absolute Gasteiger partial charge is 0.370 e. The highest BCUT2D eigenvalue weighted by Gasteiger charge is 2.59. The van der Waals surface area contributed by atoms with Crippen molar-refractivity contribution in [2.75, 3.05) is 20.8 Å². The van der Waals surface area contributed by atoms with Crippen LogP contribution in [0.2, 0.25) is 0 Å². The van der Waals surface area contributed by atoms with E-state index in [2.05, 4.69) is 6.92 Å². The average Bonchev–Trinajstić information content (AvgIpc) is 3.16. The minimum atomic E-state index is -0.927. The monoisotopic (exact) mass is 246 g/mol. The van der Waals surface area contributed by atoms with Crippen LogP contribution in [0.15, 0.2) is 0 Å². The first kappa shape index (κ1) is 13.2. The maximum absolute atomic E-state index is 6.06. The molecule has 2 rings (SSSR count). The molecule has 0 bridgehead atoms. The summed E-state index contributed by atoms with van der Waals surface area (Å²) in [6.45, 7) is 6.46. The van der Waals surface area contributed by atoms with Crippen LogP contribution >= 0.6 is 0 Å². The Labute approximate surface area is 102 Å². The molecule has 2 fully saturated rings. The van der Waals surface area contributed by atoms with E-state index in [1.54, 1.807) is 14.2 Å². The van der Waals surface area contributed by atoms with Gasteiger partial charge in [0.15, 0.2) is 0 Å². The third-order valence-electron chi connectivity index (χ3n) is 3.84. The van der Waals surface area contributed by atoms with Crippen LogP contribution in [0.5, 0.6) is 0 Å². The van der Waals surface area contributed by atoms with Crippen LogP contribution in [-0.4, -0.2) is 50.7 Å². The molecule has 2 aliphatic heterocycles. The van der Waals surface area contributed by atoms with Crippen molar-refractivity contribution in [3.05, 3.63) is 0 Å². The lowest BCUT2D eigenvalue weighted by molar-refractivity contribution is -0.449. The lowest BCUT2D eigenvalue weighted by atomic mass is 10.0. The van der Waals surface area contributed by atoms with Crippen LogP contribution in [0.1, 0.15) is 27.2 Å². The molecule has 0 amide bonds. The molecule has 2 saturated heterocycles. The van der Waals surface area contributed by atoms with Crippen molar-refractivity contribution in [3.63, 3.8) is 0 Å². The quantitative estimate of drug-likeness (QED) is 0.700. The molecular formula is C12H22O5. The van der Waals surface area contributed by atoms with Crippen molar-refractivity contribution in [1.29, 1.82) is 0 Å². The van der Waals surface area contributed by atoms with Gasteiger partial charge in [-0.25, -0.2) is 0 Å². The second-order valence-electron chi connectivity index (χ2n) is 4.82. The molecule has 0 aromatic carbocycles. The molecule has 0 radical (unpaired) electrons. The number of epoxide rings is 1. The first-order valence-corrected chi connectivity index (χ1v) is 6.07. The molecular weight excluding hydrogens is 224 g/mol. The van der Waals surface area contributed by atoms with E-state index in [9.17, 15) is 0 Å². The SMILES string of the molecule is CC[C@H]1O[C@@](C)(OC)[C@](C)(OC)O[C@@H]1C1CO1. The summed E-state index contributed by atoms with van der Waals surface area (Å²) in [6, 6.07) is 0. The Hall–Kier alpha value is -0.200. The fourth-order valence-electron chi connectivity index (χ4n) is 2.25. The number of rotatable bonds is 4. The Kier molecular flexibility index (Phi) is 3.49. The molecule has 0 N–H and O–H groups in total. The Morgan fingerprint density at radius 1 is 1.12 bits per heavy atom. The van der Waals surface area contributed by atoms with Gasteiger partial charge >= 0.3 is 0 Å². The zero-order chi connectivity index (χ0) is 12.7. The Balaban J connectivity index is 2.21. The summed E-state index contributed by atoms with van der Waals surface area (Å²) in [6.07, 6.45) is 0.850. The number of hydrogen-bond acceptors (Lipinski definition) is 5. The molecule has 0 aromatic rings. The van der Waals surface area contributed by atoms with Crippen molar-refractivity contribution < 1.29 is 23.7 Å². The van der Waals surface area contributed by atoms with Gasteiger partial charge in [0.25, 0.3) is 0 Å². The summed E-state index contributed by atoms with van der Waals surface area (Å²) in [5.41, 5.74) is 0. The van der Waals surface area contributed by atoms with E-state index >= 15 is 0 Å². The minimum absolute atomic E-state index is 0.0318. The maximum atomic E-state index is 6.06. The summed E-state index contributed by atoms with van der Waals surface area (Å²) in [5.74, 6) is -1.84. The molecule has 0 aliphatic carbocycles. The van der Waals surface area contributed by atoms with Crippen LogP contribution in [0.4, 0.5) is 0 Å². The lowest BCUT2D eigenvalue weighted by Crippen LogP contribution is -2.66. The number of hydrogen-bond donors (Lipinski definition) is 0. The zero-order valence-electron chi connectivity index (χ0n) is 11.2. The van der Waals surface area contributed by atoms with Crippen molar-refractivity contribution in [2.45, 2.75) is 57.1 Å². The van der Waals surface area contributed by atoms with Crippen molar-refractivity contribution in [3.8, 4) is 0 Å². The van der Waals surface area contributed by atoms with Crippen LogP contribution in [0.3, 0.4) is 0 Å². The molecule has 0 aromatic heterocycles. The highest BCUT2D eigenvalue weighted by atomic mass is 16.8. The van der Waals surface area contributed by atoms with E-state index in [0.29, 0.717) is 0 Å². The standard InChI is InChI=1S/C12H22O5/c1-6-8-10(9-7-15-9)17-12(3,14-5)11(2,13-4)16-8/h8-10H,6-7H2,1-5H3/t8-,9?,10+,11-,12-/m1/s1. The fraction of sp³-hybridized carbons (Fsp3) is 1.00. The van der Waals surface area contributed by atoms with Crippen molar-refractivity contribution >= 4 is 0 Å². The smallest absolute Gasteiger partial charge is 0.220 e. The van der Waals surface area contributed by atoms with Gasteiger partial charge in [-0.2, -0.15) is 0 Å². The second kappa shape index (κ2) is 4.48. The van der Waals surface area contributed by atoms with E-state index < -0.39 is 11.6 Å². The van der Waals surface area contributed by atoms with Gasteiger partial charge in [-0.15, -0.1) is 0 Å². The fourth-order valence-corrected chi connectivity index (χ4v) is 2.25. The minimum Gasteiger partial charge on any atom is -0.370 e. The molecule has 17 heavy (non-hydrogen) atoms. The summed E-state index contributed by atoms with van der Waals surface area (Å²) >= 11 is 0. The molecule has 5 nitrogen and oxygen atoms in total. The van der Waals surface area contributed by atoms with E-state index in [0.717, 1.165) is 13.0 Å². The maximum Gasteiger partial charge on any atom is 0.220 e.